The van der Waals surface area contributed by atoms with Gasteiger partial charge in [0, 0.05) is 50.5 Å². The lowest BCUT2D eigenvalue weighted by Gasteiger charge is -2.27. The van der Waals surface area contributed by atoms with Gasteiger partial charge in [-0.1, -0.05) is 6.92 Å². The number of hydrogen-bond acceptors (Lipinski definition) is 6. The second kappa shape index (κ2) is 9.13. The van der Waals surface area contributed by atoms with Gasteiger partial charge in [-0.15, -0.1) is 0 Å². The number of rotatable bonds is 5. The zero-order valence-corrected chi connectivity index (χ0v) is 19.8. The summed E-state index contributed by atoms with van der Waals surface area (Å²) in [6, 6.07) is 3.42. The topological polar surface area (TPSA) is 95.1 Å². The van der Waals surface area contributed by atoms with E-state index in [-0.39, 0.29) is 23.1 Å². The molecule has 33 heavy (non-hydrogen) atoms. The summed E-state index contributed by atoms with van der Waals surface area (Å²) in [5, 5.41) is 0. The van der Waals surface area contributed by atoms with Crippen LogP contribution in [0.2, 0.25) is 0 Å². The van der Waals surface area contributed by atoms with Gasteiger partial charge < -0.3 is 14.8 Å². The zero-order chi connectivity index (χ0) is 23.7. The van der Waals surface area contributed by atoms with E-state index in [0.717, 1.165) is 46.5 Å². The minimum atomic E-state index is -0.338. The van der Waals surface area contributed by atoms with Gasteiger partial charge in [0.1, 0.15) is 5.56 Å². The molecule has 0 spiro atoms. The van der Waals surface area contributed by atoms with Crippen LogP contribution in [0.4, 0.5) is 5.95 Å². The Kier molecular flexibility index (Phi) is 6.26. The van der Waals surface area contributed by atoms with E-state index >= 15 is 0 Å². The Morgan fingerprint density at radius 2 is 2.00 bits per heavy atom. The summed E-state index contributed by atoms with van der Waals surface area (Å²) in [5.74, 6) is 0.327. The number of carbonyl (C=O) groups is 1. The summed E-state index contributed by atoms with van der Waals surface area (Å²) in [5.41, 5.74) is 5.31. The summed E-state index contributed by atoms with van der Waals surface area (Å²) in [6.07, 6.45) is 7.72. The number of aromatic nitrogens is 4. The molecule has 1 N–H and O–H groups in total. The van der Waals surface area contributed by atoms with Crippen molar-refractivity contribution in [3.63, 3.8) is 0 Å². The van der Waals surface area contributed by atoms with E-state index in [1.54, 1.807) is 17.2 Å². The van der Waals surface area contributed by atoms with Crippen LogP contribution in [0.3, 0.4) is 0 Å². The highest BCUT2D eigenvalue weighted by atomic mass is 16.2. The summed E-state index contributed by atoms with van der Waals surface area (Å²) >= 11 is 0. The third-order valence-corrected chi connectivity index (χ3v) is 6.28. The van der Waals surface area contributed by atoms with Crippen LogP contribution in [0.1, 0.15) is 58.7 Å². The molecule has 172 valence electrons. The Hall–Kier alpha value is -3.55. The number of likely N-dealkylation sites (tertiary alicyclic amines) is 1. The largest absolute Gasteiger partial charge is 0.347 e. The fourth-order valence-electron chi connectivity index (χ4n) is 4.48. The van der Waals surface area contributed by atoms with Gasteiger partial charge in [-0.25, -0.2) is 9.97 Å². The van der Waals surface area contributed by atoms with E-state index in [0.29, 0.717) is 18.9 Å². The quantitative estimate of drug-likeness (QED) is 0.645. The van der Waals surface area contributed by atoms with Gasteiger partial charge in [0.05, 0.1) is 11.7 Å². The first kappa shape index (κ1) is 22.6. The second-order valence-corrected chi connectivity index (χ2v) is 8.74. The van der Waals surface area contributed by atoms with Crippen molar-refractivity contribution >= 4 is 11.9 Å². The number of nitrogens with zero attached hydrogens (tertiary/aromatic N) is 5. The van der Waals surface area contributed by atoms with Gasteiger partial charge in [0.15, 0.2) is 0 Å². The molecule has 8 heteroatoms. The Morgan fingerprint density at radius 3 is 2.70 bits per heavy atom. The smallest absolute Gasteiger partial charge is 0.261 e. The van der Waals surface area contributed by atoms with Gasteiger partial charge in [0.2, 0.25) is 5.95 Å². The molecular formula is C25H30N6O2. The van der Waals surface area contributed by atoms with Crippen molar-refractivity contribution in [2.75, 3.05) is 25.5 Å². The van der Waals surface area contributed by atoms with Gasteiger partial charge in [-0.3, -0.25) is 14.6 Å². The van der Waals surface area contributed by atoms with Crippen molar-refractivity contribution < 1.29 is 4.79 Å². The van der Waals surface area contributed by atoms with Crippen molar-refractivity contribution in [3.05, 3.63) is 69.2 Å². The fourth-order valence-corrected chi connectivity index (χ4v) is 4.48. The van der Waals surface area contributed by atoms with Crippen molar-refractivity contribution in [1.29, 1.82) is 0 Å². The lowest BCUT2D eigenvalue weighted by atomic mass is 9.97. The predicted molar refractivity (Wildman–Crippen MR) is 129 cm³/mol. The maximum absolute atomic E-state index is 13.6. The maximum Gasteiger partial charge on any atom is 0.261 e. The minimum absolute atomic E-state index is 0.181. The molecule has 1 atom stereocenters. The van der Waals surface area contributed by atoms with Crippen LogP contribution in [0.15, 0.2) is 35.5 Å². The van der Waals surface area contributed by atoms with Crippen LogP contribution >= 0.6 is 0 Å². The molecule has 3 aromatic heterocycles. The van der Waals surface area contributed by atoms with Crippen molar-refractivity contribution in [2.45, 2.75) is 46.1 Å². The average molecular weight is 447 g/mol. The molecule has 0 saturated carbocycles. The first-order valence-corrected chi connectivity index (χ1v) is 11.3. The van der Waals surface area contributed by atoms with Crippen LogP contribution in [-0.4, -0.2) is 51.4 Å². The van der Waals surface area contributed by atoms with Crippen molar-refractivity contribution in [1.82, 2.24) is 24.8 Å². The summed E-state index contributed by atoms with van der Waals surface area (Å²) in [7, 11) is 3.79. The molecule has 1 aliphatic heterocycles. The van der Waals surface area contributed by atoms with Crippen LogP contribution in [0, 0.1) is 13.8 Å². The lowest BCUT2D eigenvalue weighted by Crippen LogP contribution is -2.35. The molecule has 4 rings (SSSR count). The number of amides is 1. The first-order chi connectivity index (χ1) is 15.8. The van der Waals surface area contributed by atoms with E-state index in [4.69, 9.17) is 4.98 Å². The molecule has 3 aromatic rings. The summed E-state index contributed by atoms with van der Waals surface area (Å²) in [4.78, 5) is 46.4. The Labute approximate surface area is 193 Å². The third kappa shape index (κ3) is 4.25. The molecular weight excluding hydrogens is 416 g/mol. The average Bonchev–Trinajstić information content (AvgIpc) is 3.29. The van der Waals surface area contributed by atoms with E-state index in [1.165, 1.54) is 0 Å². The van der Waals surface area contributed by atoms with E-state index in [2.05, 4.69) is 15.0 Å². The van der Waals surface area contributed by atoms with E-state index < -0.39 is 0 Å². The van der Waals surface area contributed by atoms with Crippen LogP contribution in [0.5, 0.6) is 0 Å². The summed E-state index contributed by atoms with van der Waals surface area (Å²) < 4.78 is 0. The van der Waals surface area contributed by atoms with Crippen LogP contribution < -0.4 is 10.5 Å². The molecule has 1 fully saturated rings. The molecule has 0 bridgehead atoms. The number of pyridine rings is 2. The Balaban J connectivity index is 1.81. The normalized spacial score (nSPS) is 15.7. The Bertz CT molecular complexity index is 1250. The first-order valence-electron chi connectivity index (χ1n) is 11.3. The molecule has 1 aliphatic rings. The monoisotopic (exact) mass is 446 g/mol. The van der Waals surface area contributed by atoms with Crippen molar-refractivity contribution in [2.24, 2.45) is 0 Å². The standard InChI is InChI=1S/C25H30N6O2/c1-6-20-15(2)12-18(23(32)28-20)24(33)31-11-7-8-21(31)22-19(14-27-25(29-22)30(4)5)17-9-10-26-13-16(17)3/h9-10,12-14,21H,6-8,11H2,1-5H3,(H,28,32)/t21-/m0/s1. The van der Waals surface area contributed by atoms with Gasteiger partial charge >= 0.3 is 0 Å². The number of carbonyl (C=O) groups excluding carboxylic acids is 1. The number of H-pyrrole nitrogens is 1. The molecule has 0 aromatic carbocycles. The molecule has 0 aliphatic carbocycles. The number of nitrogens with one attached hydrogen (secondary N) is 1. The number of aromatic amines is 1. The predicted octanol–water partition coefficient (Wildman–Crippen LogP) is 3.45. The Morgan fingerprint density at radius 1 is 1.21 bits per heavy atom. The number of aryl methyl sites for hydroxylation is 3. The minimum Gasteiger partial charge on any atom is -0.347 e. The van der Waals surface area contributed by atoms with Crippen LogP contribution in [-0.2, 0) is 6.42 Å². The third-order valence-electron chi connectivity index (χ3n) is 6.28. The fraction of sp³-hybridized carbons (Fsp3) is 0.400. The van der Waals surface area contributed by atoms with Crippen LogP contribution in [0.25, 0.3) is 11.1 Å². The SMILES string of the molecule is CCc1[nH]c(=O)c(C(=O)N2CCC[C@H]2c2nc(N(C)C)ncc2-c2ccncc2C)cc1C. The molecule has 1 amide bonds. The lowest BCUT2D eigenvalue weighted by molar-refractivity contribution is 0.0731. The van der Waals surface area contributed by atoms with Gasteiger partial charge in [-0.05, 0) is 61.9 Å². The van der Waals surface area contributed by atoms with Gasteiger partial charge in [-0.2, -0.15) is 0 Å². The van der Waals surface area contributed by atoms with Crippen molar-refractivity contribution in [3.8, 4) is 11.1 Å². The maximum atomic E-state index is 13.6. The molecule has 8 nitrogen and oxygen atoms in total. The zero-order valence-electron chi connectivity index (χ0n) is 19.8. The highest BCUT2D eigenvalue weighted by Gasteiger charge is 2.35. The van der Waals surface area contributed by atoms with Gasteiger partial charge in [0.25, 0.3) is 11.5 Å². The van der Waals surface area contributed by atoms with E-state index in [9.17, 15) is 9.59 Å². The summed E-state index contributed by atoms with van der Waals surface area (Å²) in [6.45, 7) is 6.48. The molecule has 4 heterocycles. The molecule has 0 radical (unpaired) electrons. The second-order valence-electron chi connectivity index (χ2n) is 8.74. The number of hydrogen-bond donors (Lipinski definition) is 1. The highest BCUT2D eigenvalue weighted by Crippen LogP contribution is 2.38. The molecule has 1 saturated heterocycles. The number of anilines is 1. The highest BCUT2D eigenvalue weighted by molar-refractivity contribution is 5.94. The molecule has 0 unspecified atom stereocenters. The van der Waals surface area contributed by atoms with E-state index in [1.807, 2.05) is 58.2 Å².